The van der Waals surface area contributed by atoms with Gasteiger partial charge in [0, 0.05) is 36.7 Å². The first kappa shape index (κ1) is 18.8. The molecule has 2 aromatic rings. The lowest BCUT2D eigenvalue weighted by molar-refractivity contribution is 0.0302. The summed E-state index contributed by atoms with van der Waals surface area (Å²) in [5.41, 5.74) is 2.93. The van der Waals surface area contributed by atoms with Crippen LogP contribution in [0.4, 0.5) is 10.5 Å². The Morgan fingerprint density at radius 2 is 1.85 bits per heavy atom. The summed E-state index contributed by atoms with van der Waals surface area (Å²) in [5.74, 6) is -0.0370. The first-order valence-corrected chi connectivity index (χ1v) is 9.00. The van der Waals surface area contributed by atoms with Crippen molar-refractivity contribution in [3.8, 4) is 0 Å². The molecule has 0 saturated carbocycles. The van der Waals surface area contributed by atoms with Crippen molar-refractivity contribution < 1.29 is 14.3 Å². The van der Waals surface area contributed by atoms with Crippen molar-refractivity contribution in [2.75, 3.05) is 31.6 Å². The number of nitrogens with one attached hydrogen (secondary N) is 2. The Morgan fingerprint density at radius 1 is 1.15 bits per heavy atom. The number of ether oxygens (including phenoxy) is 1. The number of carbonyl (C=O) groups is 2. The molecule has 1 aromatic heterocycles. The summed E-state index contributed by atoms with van der Waals surface area (Å²) in [5, 5.41) is 5.74. The van der Waals surface area contributed by atoms with Crippen LogP contribution in [0, 0.1) is 6.92 Å². The monoisotopic (exact) mass is 368 g/mol. The second-order valence-electron chi connectivity index (χ2n) is 6.48. The summed E-state index contributed by atoms with van der Waals surface area (Å²) < 4.78 is 5.30. The second kappa shape index (κ2) is 8.64. The van der Waals surface area contributed by atoms with Crippen LogP contribution in [0.5, 0.6) is 0 Å². The SMILES string of the molecule is Cc1c(NC(=O)NC(C)c2ccncc2)cccc1C(=O)N1CCOCC1. The van der Waals surface area contributed by atoms with Gasteiger partial charge >= 0.3 is 6.03 Å². The zero-order valence-corrected chi connectivity index (χ0v) is 15.6. The fourth-order valence-corrected chi connectivity index (χ4v) is 3.03. The summed E-state index contributed by atoms with van der Waals surface area (Å²) in [6.07, 6.45) is 3.38. The first-order chi connectivity index (χ1) is 13.1. The fourth-order valence-electron chi connectivity index (χ4n) is 3.03. The highest BCUT2D eigenvalue weighted by molar-refractivity contribution is 5.99. The largest absolute Gasteiger partial charge is 0.378 e. The van der Waals surface area contributed by atoms with Gasteiger partial charge in [-0.1, -0.05) is 6.07 Å². The van der Waals surface area contributed by atoms with Gasteiger partial charge in [-0.15, -0.1) is 0 Å². The standard InChI is InChI=1S/C20H24N4O3/c1-14-17(19(25)24-10-12-27-13-11-24)4-3-5-18(14)23-20(26)22-15(2)16-6-8-21-9-7-16/h3-9,15H,10-13H2,1-2H3,(H2,22,23,26). The van der Waals surface area contributed by atoms with E-state index in [2.05, 4.69) is 15.6 Å². The summed E-state index contributed by atoms with van der Waals surface area (Å²) >= 11 is 0. The van der Waals surface area contributed by atoms with Gasteiger partial charge in [-0.2, -0.15) is 0 Å². The predicted octanol–water partition coefficient (Wildman–Crippen LogP) is 2.75. The Bertz CT molecular complexity index is 804. The highest BCUT2D eigenvalue weighted by Crippen LogP contribution is 2.21. The third kappa shape index (κ3) is 4.62. The van der Waals surface area contributed by atoms with E-state index in [0.29, 0.717) is 37.6 Å². The molecule has 142 valence electrons. The maximum Gasteiger partial charge on any atom is 0.319 e. The molecule has 1 aliphatic heterocycles. The number of nitrogens with zero attached hydrogens (tertiary/aromatic N) is 2. The molecule has 7 nitrogen and oxygen atoms in total. The van der Waals surface area contributed by atoms with E-state index in [1.54, 1.807) is 35.5 Å². The first-order valence-electron chi connectivity index (χ1n) is 9.00. The summed E-state index contributed by atoms with van der Waals surface area (Å²) in [7, 11) is 0. The molecule has 27 heavy (non-hydrogen) atoms. The van der Waals surface area contributed by atoms with E-state index >= 15 is 0 Å². The van der Waals surface area contributed by atoms with E-state index in [9.17, 15) is 9.59 Å². The van der Waals surface area contributed by atoms with Crippen molar-refractivity contribution in [3.63, 3.8) is 0 Å². The van der Waals surface area contributed by atoms with Gasteiger partial charge in [0.05, 0.1) is 19.3 Å². The third-order valence-corrected chi connectivity index (χ3v) is 4.66. The van der Waals surface area contributed by atoms with Gasteiger partial charge in [-0.05, 0) is 49.2 Å². The van der Waals surface area contributed by atoms with Crippen LogP contribution in [-0.4, -0.2) is 48.1 Å². The Hall–Kier alpha value is -2.93. The van der Waals surface area contributed by atoms with Crippen molar-refractivity contribution in [1.82, 2.24) is 15.2 Å². The quantitative estimate of drug-likeness (QED) is 0.869. The third-order valence-electron chi connectivity index (χ3n) is 4.66. The van der Waals surface area contributed by atoms with Crippen LogP contribution in [0.3, 0.4) is 0 Å². The summed E-state index contributed by atoms with van der Waals surface area (Å²) in [4.78, 5) is 30.9. The van der Waals surface area contributed by atoms with E-state index in [1.807, 2.05) is 26.0 Å². The highest BCUT2D eigenvalue weighted by atomic mass is 16.5. The number of carbonyl (C=O) groups excluding carboxylic acids is 2. The molecule has 3 rings (SSSR count). The molecular formula is C20H24N4O3. The Labute approximate surface area is 158 Å². The summed E-state index contributed by atoms with van der Waals surface area (Å²) in [6.45, 7) is 6.02. The number of pyridine rings is 1. The number of benzene rings is 1. The summed E-state index contributed by atoms with van der Waals surface area (Å²) in [6, 6.07) is 8.60. The lowest BCUT2D eigenvalue weighted by Gasteiger charge is -2.27. The zero-order chi connectivity index (χ0) is 19.2. The Kier molecular flexibility index (Phi) is 6.03. The number of hydrogen-bond acceptors (Lipinski definition) is 4. The minimum absolute atomic E-state index is 0.0370. The van der Waals surface area contributed by atoms with E-state index in [0.717, 1.165) is 11.1 Å². The normalized spacial score (nSPS) is 15.1. The van der Waals surface area contributed by atoms with Crippen molar-refractivity contribution in [1.29, 1.82) is 0 Å². The molecule has 1 aliphatic rings. The Morgan fingerprint density at radius 3 is 2.56 bits per heavy atom. The lowest BCUT2D eigenvalue weighted by Crippen LogP contribution is -2.41. The van der Waals surface area contributed by atoms with E-state index in [4.69, 9.17) is 4.74 Å². The van der Waals surface area contributed by atoms with Crippen LogP contribution < -0.4 is 10.6 Å². The van der Waals surface area contributed by atoms with Gasteiger partial charge < -0.3 is 20.3 Å². The van der Waals surface area contributed by atoms with Gasteiger partial charge in [0.15, 0.2) is 0 Å². The number of anilines is 1. The van der Waals surface area contributed by atoms with Crippen LogP contribution in [-0.2, 0) is 4.74 Å². The molecule has 1 fully saturated rings. The molecule has 3 amide bonds. The molecule has 1 atom stereocenters. The van der Waals surface area contributed by atoms with Crippen LogP contribution >= 0.6 is 0 Å². The maximum atomic E-state index is 12.8. The number of amides is 3. The number of aromatic nitrogens is 1. The molecular weight excluding hydrogens is 344 g/mol. The van der Waals surface area contributed by atoms with Crippen molar-refractivity contribution >= 4 is 17.6 Å². The molecule has 1 aromatic carbocycles. The van der Waals surface area contributed by atoms with Crippen molar-refractivity contribution in [3.05, 3.63) is 59.4 Å². The van der Waals surface area contributed by atoms with Gasteiger partial charge in [-0.3, -0.25) is 9.78 Å². The Balaban J connectivity index is 1.68. The molecule has 7 heteroatoms. The average molecular weight is 368 g/mol. The molecule has 2 heterocycles. The topological polar surface area (TPSA) is 83.6 Å². The van der Waals surface area contributed by atoms with E-state index in [-0.39, 0.29) is 18.0 Å². The number of urea groups is 1. The zero-order valence-electron chi connectivity index (χ0n) is 15.6. The van der Waals surface area contributed by atoms with Gasteiger partial charge in [0.2, 0.25) is 0 Å². The number of morpholine rings is 1. The predicted molar refractivity (Wildman–Crippen MR) is 103 cm³/mol. The van der Waals surface area contributed by atoms with Crippen molar-refractivity contribution in [2.24, 2.45) is 0 Å². The smallest absolute Gasteiger partial charge is 0.319 e. The van der Waals surface area contributed by atoms with Crippen LogP contribution in [0.25, 0.3) is 0 Å². The van der Waals surface area contributed by atoms with Gasteiger partial charge in [0.1, 0.15) is 0 Å². The average Bonchev–Trinajstić information content (AvgIpc) is 2.70. The molecule has 0 spiro atoms. The second-order valence-corrected chi connectivity index (χ2v) is 6.48. The maximum absolute atomic E-state index is 12.8. The molecule has 0 radical (unpaired) electrons. The minimum atomic E-state index is -0.321. The molecule has 0 bridgehead atoms. The lowest BCUT2D eigenvalue weighted by atomic mass is 10.1. The van der Waals surface area contributed by atoms with E-state index in [1.165, 1.54) is 0 Å². The number of hydrogen-bond donors (Lipinski definition) is 2. The van der Waals surface area contributed by atoms with E-state index < -0.39 is 0 Å². The van der Waals surface area contributed by atoms with Crippen LogP contribution in [0.15, 0.2) is 42.7 Å². The molecule has 1 saturated heterocycles. The fraction of sp³-hybridized carbons (Fsp3) is 0.350. The van der Waals surface area contributed by atoms with Gasteiger partial charge in [0.25, 0.3) is 5.91 Å². The molecule has 2 N–H and O–H groups in total. The van der Waals surface area contributed by atoms with Crippen LogP contribution in [0.1, 0.15) is 34.5 Å². The minimum Gasteiger partial charge on any atom is -0.378 e. The molecule has 0 aliphatic carbocycles. The van der Waals surface area contributed by atoms with Gasteiger partial charge in [-0.25, -0.2) is 4.79 Å². The highest BCUT2D eigenvalue weighted by Gasteiger charge is 2.21. The molecule has 1 unspecified atom stereocenters. The number of rotatable bonds is 4. The van der Waals surface area contributed by atoms with Crippen LogP contribution in [0.2, 0.25) is 0 Å². The van der Waals surface area contributed by atoms with Crippen molar-refractivity contribution in [2.45, 2.75) is 19.9 Å².